The predicted molar refractivity (Wildman–Crippen MR) is 129 cm³/mol. The highest BCUT2D eigenvalue weighted by molar-refractivity contribution is 7.89. The molecular weight excluding hydrogens is 436 g/mol. The summed E-state index contributed by atoms with van der Waals surface area (Å²) < 4.78 is 35.8. The van der Waals surface area contributed by atoms with Crippen molar-refractivity contribution in [3.63, 3.8) is 0 Å². The summed E-state index contributed by atoms with van der Waals surface area (Å²) in [6, 6.07) is 18.4. The number of hydrogen-bond donors (Lipinski definition) is 1. The van der Waals surface area contributed by atoms with E-state index in [1.807, 2.05) is 53.1 Å². The second-order valence-electron chi connectivity index (χ2n) is 8.91. The van der Waals surface area contributed by atoms with Crippen LogP contribution in [0, 0.1) is 0 Å². The van der Waals surface area contributed by atoms with Gasteiger partial charge >= 0.3 is 0 Å². The van der Waals surface area contributed by atoms with Crippen molar-refractivity contribution < 1.29 is 13.2 Å². The maximum absolute atomic E-state index is 12.9. The summed E-state index contributed by atoms with van der Waals surface area (Å²) in [5.74, 6) is 1.37. The number of nitrogens with zero attached hydrogens (tertiary/aromatic N) is 3. The number of fused-ring (bicyclic) bond motifs is 1. The van der Waals surface area contributed by atoms with Crippen LogP contribution in [0.4, 0.5) is 0 Å². The average Bonchev–Trinajstić information content (AvgIpc) is 3.15. The van der Waals surface area contributed by atoms with E-state index in [1.165, 1.54) is 0 Å². The largest absolute Gasteiger partial charge is 0.497 e. The van der Waals surface area contributed by atoms with E-state index in [9.17, 15) is 8.42 Å². The third-order valence-corrected chi connectivity index (χ3v) is 6.95. The molecule has 0 radical (unpaired) electrons. The minimum absolute atomic E-state index is 0.0466. The fourth-order valence-electron chi connectivity index (χ4n) is 3.60. The monoisotopic (exact) mass is 464 g/mol. The SMILES string of the molecule is COc1ccc(Cn2c(CNS(=O)(=O)c3ccc(C(C)(C)C)cc3)nc3cccnc32)cc1. The summed E-state index contributed by atoms with van der Waals surface area (Å²) >= 11 is 0. The Morgan fingerprint density at radius 2 is 1.70 bits per heavy atom. The third kappa shape index (κ3) is 5.07. The first-order valence-corrected chi connectivity index (χ1v) is 12.2. The van der Waals surface area contributed by atoms with Gasteiger partial charge in [0.15, 0.2) is 5.65 Å². The normalized spacial score (nSPS) is 12.2. The molecule has 8 heteroatoms. The zero-order valence-corrected chi connectivity index (χ0v) is 20.1. The smallest absolute Gasteiger partial charge is 0.240 e. The van der Waals surface area contributed by atoms with Gasteiger partial charge in [-0.1, -0.05) is 45.0 Å². The molecule has 0 bridgehead atoms. The highest BCUT2D eigenvalue weighted by Gasteiger charge is 2.19. The van der Waals surface area contributed by atoms with Gasteiger partial charge in [-0.15, -0.1) is 0 Å². The first-order valence-electron chi connectivity index (χ1n) is 10.7. The molecule has 0 saturated carbocycles. The number of ether oxygens (including phenoxy) is 1. The van der Waals surface area contributed by atoms with Gasteiger partial charge in [-0.3, -0.25) is 0 Å². The van der Waals surface area contributed by atoms with Crippen LogP contribution < -0.4 is 9.46 Å². The van der Waals surface area contributed by atoms with Crippen molar-refractivity contribution in [2.24, 2.45) is 0 Å². The van der Waals surface area contributed by atoms with Crippen LogP contribution in [-0.4, -0.2) is 30.1 Å². The van der Waals surface area contributed by atoms with Gasteiger partial charge in [0.25, 0.3) is 0 Å². The van der Waals surface area contributed by atoms with E-state index in [1.54, 1.807) is 25.4 Å². The summed E-state index contributed by atoms with van der Waals surface area (Å²) in [6.07, 6.45) is 1.71. The standard InChI is InChI=1S/C25H28N4O3S/c1-25(2,3)19-9-13-21(14-10-19)33(30,31)27-16-23-28-22-6-5-15-26-24(22)29(23)17-18-7-11-20(32-4)12-8-18/h5-15,27H,16-17H2,1-4H3. The van der Waals surface area contributed by atoms with Crippen LogP contribution in [0.3, 0.4) is 0 Å². The lowest BCUT2D eigenvalue weighted by molar-refractivity contribution is 0.414. The van der Waals surface area contributed by atoms with Crippen molar-refractivity contribution in [1.82, 2.24) is 19.3 Å². The van der Waals surface area contributed by atoms with Crippen LogP contribution >= 0.6 is 0 Å². The number of aromatic nitrogens is 3. The molecule has 0 aliphatic rings. The first-order chi connectivity index (χ1) is 15.7. The molecule has 2 aromatic heterocycles. The highest BCUT2D eigenvalue weighted by atomic mass is 32.2. The minimum Gasteiger partial charge on any atom is -0.497 e. The molecule has 0 aliphatic heterocycles. The lowest BCUT2D eigenvalue weighted by Gasteiger charge is -2.19. The van der Waals surface area contributed by atoms with Gasteiger partial charge in [0.05, 0.1) is 25.1 Å². The molecule has 4 rings (SSSR count). The lowest BCUT2D eigenvalue weighted by Crippen LogP contribution is -2.25. The Morgan fingerprint density at radius 3 is 2.33 bits per heavy atom. The fourth-order valence-corrected chi connectivity index (χ4v) is 4.58. The van der Waals surface area contributed by atoms with Gasteiger partial charge in [0.2, 0.25) is 10.0 Å². The number of sulfonamides is 1. The molecule has 0 unspecified atom stereocenters. The topological polar surface area (TPSA) is 86.1 Å². The molecule has 0 spiro atoms. The van der Waals surface area contributed by atoms with Gasteiger partial charge in [-0.2, -0.15) is 0 Å². The molecule has 4 aromatic rings. The quantitative estimate of drug-likeness (QED) is 0.442. The van der Waals surface area contributed by atoms with E-state index in [0.717, 1.165) is 22.4 Å². The second-order valence-corrected chi connectivity index (χ2v) is 10.7. The van der Waals surface area contributed by atoms with Gasteiger partial charge in [-0.25, -0.2) is 23.1 Å². The number of methoxy groups -OCH3 is 1. The Balaban J connectivity index is 1.59. The van der Waals surface area contributed by atoms with Crippen LogP contribution in [0.1, 0.15) is 37.7 Å². The second kappa shape index (κ2) is 8.96. The Morgan fingerprint density at radius 1 is 1.00 bits per heavy atom. The summed E-state index contributed by atoms with van der Waals surface area (Å²) in [5.41, 5.74) is 3.48. The van der Waals surface area contributed by atoms with Crippen molar-refractivity contribution in [2.75, 3.05) is 7.11 Å². The van der Waals surface area contributed by atoms with Gasteiger partial charge < -0.3 is 9.30 Å². The van der Waals surface area contributed by atoms with Crippen molar-refractivity contribution >= 4 is 21.2 Å². The van der Waals surface area contributed by atoms with Crippen LogP contribution in [0.25, 0.3) is 11.2 Å². The number of imidazole rings is 1. The van der Waals surface area contributed by atoms with E-state index in [2.05, 4.69) is 35.5 Å². The van der Waals surface area contributed by atoms with Gasteiger partial charge in [0, 0.05) is 6.20 Å². The number of benzene rings is 2. The van der Waals surface area contributed by atoms with E-state index >= 15 is 0 Å². The molecule has 2 heterocycles. The summed E-state index contributed by atoms with van der Waals surface area (Å²) in [4.78, 5) is 9.33. The van der Waals surface area contributed by atoms with Crippen LogP contribution in [0.15, 0.2) is 71.8 Å². The first kappa shape index (κ1) is 22.9. The molecule has 0 saturated heterocycles. The average molecular weight is 465 g/mol. The Labute approximate surface area is 194 Å². The number of hydrogen-bond acceptors (Lipinski definition) is 5. The van der Waals surface area contributed by atoms with E-state index < -0.39 is 10.0 Å². The molecule has 0 aliphatic carbocycles. The number of pyridine rings is 1. The molecule has 0 amide bonds. The summed E-state index contributed by atoms with van der Waals surface area (Å²) in [7, 11) is -2.07. The van der Waals surface area contributed by atoms with Crippen molar-refractivity contribution in [1.29, 1.82) is 0 Å². The molecule has 172 valence electrons. The van der Waals surface area contributed by atoms with Crippen molar-refractivity contribution in [3.05, 3.63) is 83.8 Å². The fraction of sp³-hybridized carbons (Fsp3) is 0.280. The van der Waals surface area contributed by atoms with E-state index in [-0.39, 0.29) is 16.9 Å². The maximum Gasteiger partial charge on any atom is 0.240 e. The van der Waals surface area contributed by atoms with Crippen LogP contribution in [0.5, 0.6) is 5.75 Å². The van der Waals surface area contributed by atoms with E-state index in [4.69, 9.17) is 4.74 Å². The molecule has 2 aromatic carbocycles. The minimum atomic E-state index is -3.70. The molecule has 0 atom stereocenters. The molecule has 7 nitrogen and oxygen atoms in total. The Kier molecular flexibility index (Phi) is 6.23. The van der Waals surface area contributed by atoms with Crippen LogP contribution in [-0.2, 0) is 28.5 Å². The Hall–Kier alpha value is -3.23. The van der Waals surface area contributed by atoms with Crippen molar-refractivity contribution in [3.8, 4) is 5.75 Å². The van der Waals surface area contributed by atoms with Crippen molar-refractivity contribution in [2.45, 2.75) is 44.2 Å². The predicted octanol–water partition coefficient (Wildman–Crippen LogP) is 4.26. The zero-order chi connectivity index (χ0) is 23.6. The maximum atomic E-state index is 12.9. The third-order valence-electron chi connectivity index (χ3n) is 5.53. The molecule has 1 N–H and O–H groups in total. The summed E-state index contributed by atoms with van der Waals surface area (Å²) in [6.45, 7) is 6.84. The lowest BCUT2D eigenvalue weighted by atomic mass is 9.87. The number of rotatable bonds is 7. The summed E-state index contributed by atoms with van der Waals surface area (Å²) in [5, 5.41) is 0. The molecule has 0 fully saturated rings. The van der Waals surface area contributed by atoms with Crippen LogP contribution in [0.2, 0.25) is 0 Å². The highest BCUT2D eigenvalue weighted by Crippen LogP contribution is 2.24. The molecule has 33 heavy (non-hydrogen) atoms. The molecular formula is C25H28N4O3S. The number of nitrogens with one attached hydrogen (secondary N) is 1. The van der Waals surface area contributed by atoms with Gasteiger partial charge in [0.1, 0.15) is 17.1 Å². The Bertz CT molecular complexity index is 1350. The van der Waals surface area contributed by atoms with E-state index in [0.29, 0.717) is 18.0 Å². The van der Waals surface area contributed by atoms with Gasteiger partial charge in [-0.05, 0) is 52.9 Å². The zero-order valence-electron chi connectivity index (χ0n) is 19.2.